The zero-order valence-corrected chi connectivity index (χ0v) is 9.78. The summed E-state index contributed by atoms with van der Waals surface area (Å²) in [4.78, 5) is 3.89. The number of hydrogen-bond donors (Lipinski definition) is 1. The van der Waals surface area contributed by atoms with Crippen LogP contribution in [0.1, 0.15) is 11.7 Å². The second-order valence-electron chi connectivity index (χ2n) is 4.20. The summed E-state index contributed by atoms with van der Waals surface area (Å²) in [6.45, 7) is 6.46. The Kier molecular flexibility index (Phi) is 3.45. The minimum absolute atomic E-state index is 0.676. The maximum absolute atomic E-state index is 9.70. The Bertz CT molecular complexity index is 345. The molecule has 0 radical (unpaired) electrons. The van der Waals surface area contributed by atoms with Gasteiger partial charge in [-0.15, -0.1) is 5.54 Å². The van der Waals surface area contributed by atoms with Crippen LogP contribution in [-0.4, -0.2) is 18.2 Å². The summed E-state index contributed by atoms with van der Waals surface area (Å²) in [5.41, 5.74) is 3.95. The molecule has 1 aromatic heterocycles. The molecule has 1 N–H and O–H groups in total. The third-order valence-electron chi connectivity index (χ3n) is 1.61. The molecule has 74 valence electrons. The molecule has 0 spiro atoms. The molecule has 1 aromatic rings. The van der Waals surface area contributed by atoms with Crippen molar-refractivity contribution in [2.75, 3.05) is 0 Å². The molecule has 14 heavy (non-hydrogen) atoms. The van der Waals surface area contributed by atoms with Crippen LogP contribution in [0.5, 0.6) is 0 Å². The second-order valence-corrected chi connectivity index (χ2v) is 8.95. The fourth-order valence-electron chi connectivity index (χ4n) is 0.914. The van der Waals surface area contributed by atoms with Crippen molar-refractivity contribution in [1.82, 2.24) is 4.98 Å². The van der Waals surface area contributed by atoms with Crippen LogP contribution in [0.4, 0.5) is 0 Å². The van der Waals surface area contributed by atoms with E-state index in [0.717, 1.165) is 5.56 Å². The molecule has 0 saturated heterocycles. The molecule has 2 nitrogen and oxygen atoms in total. The van der Waals surface area contributed by atoms with E-state index in [1.807, 2.05) is 0 Å². The number of rotatable bonds is 1. The molecule has 1 rings (SSSR count). The molecule has 0 aliphatic heterocycles. The predicted molar refractivity (Wildman–Crippen MR) is 60.3 cm³/mol. The van der Waals surface area contributed by atoms with Gasteiger partial charge in [0.25, 0.3) is 0 Å². The normalized spacial score (nSPS) is 12.9. The van der Waals surface area contributed by atoms with Crippen LogP contribution in [0.15, 0.2) is 24.5 Å². The van der Waals surface area contributed by atoms with Gasteiger partial charge in [-0.1, -0.05) is 25.6 Å². The van der Waals surface area contributed by atoms with Crippen molar-refractivity contribution in [2.24, 2.45) is 0 Å². The Morgan fingerprint density at radius 1 is 1.29 bits per heavy atom. The molecule has 1 heterocycles. The van der Waals surface area contributed by atoms with Gasteiger partial charge in [0, 0.05) is 12.4 Å². The first-order valence-corrected chi connectivity index (χ1v) is 8.10. The van der Waals surface area contributed by atoms with Crippen LogP contribution < -0.4 is 0 Å². The molecule has 1 unspecified atom stereocenters. The summed E-state index contributed by atoms with van der Waals surface area (Å²) in [5.74, 6) is 2.88. The van der Waals surface area contributed by atoms with Gasteiger partial charge in [-0.05, 0) is 17.7 Å². The average Bonchev–Trinajstić information content (AvgIpc) is 2.14. The van der Waals surface area contributed by atoms with Gasteiger partial charge in [0.2, 0.25) is 0 Å². The van der Waals surface area contributed by atoms with Crippen LogP contribution in [0.25, 0.3) is 0 Å². The van der Waals surface area contributed by atoms with Gasteiger partial charge < -0.3 is 5.11 Å². The standard InChI is InChI=1S/C11H15NOSi/c1-14(2,3)9-6-11(13)10-4-7-12-8-5-10/h4-5,7-8,11,13H,1-3H3. The van der Waals surface area contributed by atoms with Crippen molar-refractivity contribution in [2.45, 2.75) is 25.7 Å². The highest BCUT2D eigenvalue weighted by Gasteiger charge is 2.09. The van der Waals surface area contributed by atoms with E-state index < -0.39 is 14.2 Å². The zero-order valence-electron chi connectivity index (χ0n) is 8.78. The van der Waals surface area contributed by atoms with Gasteiger partial charge in [0.1, 0.15) is 14.2 Å². The average molecular weight is 205 g/mol. The summed E-state index contributed by atoms with van der Waals surface area (Å²) in [7, 11) is -1.39. The number of pyridine rings is 1. The number of nitrogens with zero attached hydrogens (tertiary/aromatic N) is 1. The third kappa shape index (κ3) is 3.73. The van der Waals surface area contributed by atoms with Crippen LogP contribution in [0.3, 0.4) is 0 Å². The lowest BCUT2D eigenvalue weighted by atomic mass is 10.2. The van der Waals surface area contributed by atoms with Crippen molar-refractivity contribution in [3.05, 3.63) is 30.1 Å². The highest BCUT2D eigenvalue weighted by atomic mass is 28.3. The Hall–Kier alpha value is -1.11. The van der Waals surface area contributed by atoms with Gasteiger partial charge >= 0.3 is 0 Å². The lowest BCUT2D eigenvalue weighted by Crippen LogP contribution is -2.16. The van der Waals surface area contributed by atoms with Crippen molar-refractivity contribution in [1.29, 1.82) is 0 Å². The highest BCUT2D eigenvalue weighted by Crippen LogP contribution is 2.10. The van der Waals surface area contributed by atoms with Gasteiger partial charge in [-0.2, -0.15) is 0 Å². The van der Waals surface area contributed by atoms with E-state index in [1.54, 1.807) is 24.5 Å². The topological polar surface area (TPSA) is 33.1 Å². The number of aromatic nitrogens is 1. The Morgan fingerprint density at radius 3 is 2.36 bits per heavy atom. The van der Waals surface area contributed by atoms with Crippen molar-refractivity contribution < 1.29 is 5.11 Å². The zero-order chi connectivity index (χ0) is 10.6. The van der Waals surface area contributed by atoms with Crippen molar-refractivity contribution in [3.63, 3.8) is 0 Å². The van der Waals surface area contributed by atoms with Crippen molar-refractivity contribution in [3.8, 4) is 11.5 Å². The monoisotopic (exact) mass is 205 g/mol. The van der Waals surface area contributed by atoms with Gasteiger partial charge in [0.15, 0.2) is 0 Å². The summed E-state index contributed by atoms with van der Waals surface area (Å²) in [6.07, 6.45) is 2.65. The Labute approximate surface area is 86.0 Å². The molecular formula is C11H15NOSi. The smallest absolute Gasteiger partial charge is 0.139 e. The van der Waals surface area contributed by atoms with E-state index in [9.17, 15) is 5.11 Å². The van der Waals surface area contributed by atoms with Crippen LogP contribution >= 0.6 is 0 Å². The molecule has 0 fully saturated rings. The second kappa shape index (κ2) is 4.40. The van der Waals surface area contributed by atoms with Crippen LogP contribution in [0, 0.1) is 11.5 Å². The minimum Gasteiger partial charge on any atom is -0.376 e. The van der Waals surface area contributed by atoms with E-state index in [2.05, 4.69) is 36.1 Å². The maximum Gasteiger partial charge on any atom is 0.139 e. The summed E-state index contributed by atoms with van der Waals surface area (Å²) in [6, 6.07) is 3.56. The maximum atomic E-state index is 9.70. The molecule has 0 bridgehead atoms. The van der Waals surface area contributed by atoms with Crippen LogP contribution in [-0.2, 0) is 0 Å². The lowest BCUT2D eigenvalue weighted by molar-refractivity contribution is 0.238. The first kappa shape index (κ1) is 11.0. The van der Waals surface area contributed by atoms with E-state index in [1.165, 1.54) is 0 Å². The summed E-state index contributed by atoms with van der Waals surface area (Å²) in [5, 5.41) is 9.70. The summed E-state index contributed by atoms with van der Waals surface area (Å²) >= 11 is 0. The molecule has 0 aromatic carbocycles. The fourth-order valence-corrected chi connectivity index (χ4v) is 1.48. The number of aliphatic hydroxyl groups excluding tert-OH is 1. The largest absolute Gasteiger partial charge is 0.376 e. The van der Waals surface area contributed by atoms with E-state index in [-0.39, 0.29) is 0 Å². The van der Waals surface area contributed by atoms with Crippen molar-refractivity contribution >= 4 is 8.07 Å². The quantitative estimate of drug-likeness (QED) is 0.562. The molecule has 0 saturated carbocycles. The lowest BCUT2D eigenvalue weighted by Gasteiger charge is -2.06. The minimum atomic E-state index is -1.39. The Morgan fingerprint density at radius 2 is 1.86 bits per heavy atom. The van der Waals surface area contributed by atoms with E-state index >= 15 is 0 Å². The van der Waals surface area contributed by atoms with E-state index in [4.69, 9.17) is 0 Å². The van der Waals surface area contributed by atoms with Gasteiger partial charge in [0.05, 0.1) is 0 Å². The first-order chi connectivity index (χ1) is 6.49. The number of hydrogen-bond acceptors (Lipinski definition) is 2. The SMILES string of the molecule is C[Si](C)(C)C#CC(O)c1ccncc1. The predicted octanol–water partition coefficient (Wildman–Crippen LogP) is 2.00. The van der Waals surface area contributed by atoms with Gasteiger partial charge in [-0.25, -0.2) is 0 Å². The van der Waals surface area contributed by atoms with Gasteiger partial charge in [-0.3, -0.25) is 4.98 Å². The third-order valence-corrected chi connectivity index (χ3v) is 2.50. The molecule has 0 aliphatic rings. The van der Waals surface area contributed by atoms with Crippen LogP contribution in [0.2, 0.25) is 19.6 Å². The molecule has 0 amide bonds. The van der Waals surface area contributed by atoms with E-state index in [0.29, 0.717) is 0 Å². The first-order valence-electron chi connectivity index (χ1n) is 4.60. The molecule has 1 atom stereocenters. The highest BCUT2D eigenvalue weighted by molar-refractivity contribution is 6.83. The Balaban J connectivity index is 2.76. The number of aliphatic hydroxyl groups is 1. The molecular weight excluding hydrogens is 190 g/mol. The fraction of sp³-hybridized carbons (Fsp3) is 0.364. The molecule has 3 heteroatoms. The summed E-state index contributed by atoms with van der Waals surface area (Å²) < 4.78 is 0. The molecule has 0 aliphatic carbocycles.